The molecular weight excluding hydrogens is 446 g/mol. The van der Waals surface area contributed by atoms with Gasteiger partial charge in [0.2, 0.25) is 0 Å². The Kier molecular flexibility index (Phi) is 6.99. The first-order valence-corrected chi connectivity index (χ1v) is 13.1. The number of halogens is 2. The number of alkyl halides is 2. The number of hydrogen-bond donors (Lipinski definition) is 0. The minimum absolute atomic E-state index is 0.155. The maximum Gasteiger partial charge on any atom is 0.266 e. The van der Waals surface area contributed by atoms with Crippen molar-refractivity contribution < 1.29 is 18.3 Å². The van der Waals surface area contributed by atoms with Crippen LogP contribution in [0.3, 0.4) is 0 Å². The first-order chi connectivity index (χ1) is 15.8. The molecule has 0 bridgehead atoms. The second kappa shape index (κ2) is 9.77. The third kappa shape index (κ3) is 5.04. The van der Waals surface area contributed by atoms with E-state index in [1.165, 1.54) is 4.90 Å². The van der Waals surface area contributed by atoms with Crippen molar-refractivity contribution in [1.82, 2.24) is 14.8 Å². The van der Waals surface area contributed by atoms with Crippen LogP contribution in [0.2, 0.25) is 0 Å². The first kappa shape index (κ1) is 23.6. The van der Waals surface area contributed by atoms with Crippen molar-refractivity contribution in [3.8, 4) is 11.3 Å². The van der Waals surface area contributed by atoms with E-state index in [1.54, 1.807) is 16.9 Å². The molecule has 2 aromatic heterocycles. The molecule has 33 heavy (non-hydrogen) atoms. The second-order valence-corrected chi connectivity index (χ2v) is 11.2. The minimum Gasteiger partial charge on any atom is -0.359 e. The zero-order valence-electron chi connectivity index (χ0n) is 19.1. The van der Waals surface area contributed by atoms with Gasteiger partial charge in [0.1, 0.15) is 23.5 Å². The number of aromatic nitrogens is 3. The molecule has 3 heterocycles. The number of fused-ring (bicyclic) bond motifs is 1. The Morgan fingerprint density at radius 1 is 1.27 bits per heavy atom. The van der Waals surface area contributed by atoms with Crippen molar-refractivity contribution in [3.63, 3.8) is 0 Å². The third-order valence-corrected chi connectivity index (χ3v) is 8.00. The molecule has 1 fully saturated rings. The number of carbonyl (C=O) groups excluding carboxylic acids is 1. The first-order valence-electron chi connectivity index (χ1n) is 11.0. The lowest BCUT2D eigenvalue weighted by molar-refractivity contribution is 0.0256. The summed E-state index contributed by atoms with van der Waals surface area (Å²) in [5, 5.41) is 6.22. The van der Waals surface area contributed by atoms with E-state index in [0.717, 1.165) is 17.3 Å². The van der Waals surface area contributed by atoms with E-state index >= 15 is 0 Å². The highest BCUT2D eigenvalue weighted by Gasteiger charge is 2.39. The van der Waals surface area contributed by atoms with Crippen molar-refractivity contribution >= 4 is 33.9 Å². The van der Waals surface area contributed by atoms with Crippen molar-refractivity contribution in [2.45, 2.75) is 37.7 Å². The standard InChI is InChI=1S/C24H29F2N4O2S/c1-17(33(2)3)9-13-32-16-30-21-7-5-4-6-19(21)22(28-30)18-8-11-27-23(20(18)14-31)29-12-10-24(25,26)15-29/h4-8,11,14,17H,9-10,12-13,15-16H2,1-3H3/q+1/t17-/m1/s1. The molecule has 176 valence electrons. The number of anilines is 1. The van der Waals surface area contributed by atoms with Crippen LogP contribution in [0, 0.1) is 0 Å². The van der Waals surface area contributed by atoms with Gasteiger partial charge in [0.25, 0.3) is 5.92 Å². The average Bonchev–Trinajstić information content (AvgIpc) is 3.35. The van der Waals surface area contributed by atoms with Gasteiger partial charge in [-0.3, -0.25) is 4.79 Å². The molecule has 0 aliphatic carbocycles. The molecule has 1 aromatic carbocycles. The average molecular weight is 476 g/mol. The second-order valence-electron chi connectivity index (χ2n) is 8.62. The smallest absolute Gasteiger partial charge is 0.266 e. The van der Waals surface area contributed by atoms with Crippen LogP contribution in [-0.4, -0.2) is 64.4 Å². The van der Waals surface area contributed by atoms with Crippen molar-refractivity contribution in [1.29, 1.82) is 0 Å². The predicted molar refractivity (Wildman–Crippen MR) is 129 cm³/mol. The largest absolute Gasteiger partial charge is 0.359 e. The van der Waals surface area contributed by atoms with E-state index in [4.69, 9.17) is 9.84 Å². The van der Waals surface area contributed by atoms with Crippen LogP contribution in [0.1, 0.15) is 30.1 Å². The number of carbonyl (C=O) groups is 1. The number of pyridine rings is 1. The van der Waals surface area contributed by atoms with Gasteiger partial charge in [0, 0.05) is 36.5 Å². The third-order valence-electron chi connectivity index (χ3n) is 6.16. The molecule has 0 N–H and O–H groups in total. The molecule has 0 amide bonds. The van der Waals surface area contributed by atoms with E-state index in [1.807, 2.05) is 24.3 Å². The van der Waals surface area contributed by atoms with Crippen LogP contribution in [0.5, 0.6) is 0 Å². The number of rotatable bonds is 9. The highest BCUT2D eigenvalue weighted by Crippen LogP contribution is 2.36. The Morgan fingerprint density at radius 2 is 2.06 bits per heavy atom. The normalized spacial score (nSPS) is 16.6. The maximum absolute atomic E-state index is 13.8. The zero-order chi connectivity index (χ0) is 23.6. The van der Waals surface area contributed by atoms with E-state index in [-0.39, 0.29) is 24.3 Å². The summed E-state index contributed by atoms with van der Waals surface area (Å²) < 4.78 is 35.3. The molecule has 3 aromatic rings. The van der Waals surface area contributed by atoms with E-state index in [9.17, 15) is 13.6 Å². The van der Waals surface area contributed by atoms with Crippen LogP contribution in [0.25, 0.3) is 22.2 Å². The van der Waals surface area contributed by atoms with Crippen LogP contribution in [0.15, 0.2) is 36.5 Å². The molecule has 0 radical (unpaired) electrons. The van der Waals surface area contributed by atoms with Crippen molar-refractivity contribution in [3.05, 3.63) is 42.1 Å². The number of para-hydroxylation sites is 1. The zero-order valence-corrected chi connectivity index (χ0v) is 19.9. The highest BCUT2D eigenvalue weighted by molar-refractivity contribution is 7.96. The lowest BCUT2D eigenvalue weighted by atomic mass is 10.0. The van der Waals surface area contributed by atoms with Gasteiger partial charge in [-0.05, 0) is 30.0 Å². The molecule has 1 aliphatic rings. The molecule has 1 saturated heterocycles. The van der Waals surface area contributed by atoms with Gasteiger partial charge < -0.3 is 9.64 Å². The number of hydrogen-bond acceptors (Lipinski definition) is 5. The Hall–Kier alpha value is -2.52. The van der Waals surface area contributed by atoms with Gasteiger partial charge in [0.05, 0.1) is 36.7 Å². The van der Waals surface area contributed by atoms with Gasteiger partial charge in [-0.15, -0.1) is 0 Å². The minimum atomic E-state index is -2.78. The molecule has 1 atom stereocenters. The number of ether oxygens (including phenoxy) is 1. The summed E-state index contributed by atoms with van der Waals surface area (Å²) in [4.78, 5) is 17.8. The summed E-state index contributed by atoms with van der Waals surface area (Å²) in [5.41, 5.74) is 2.35. The molecule has 6 nitrogen and oxygen atoms in total. The number of nitrogens with zero attached hydrogens (tertiary/aromatic N) is 4. The van der Waals surface area contributed by atoms with Gasteiger partial charge in [0.15, 0.2) is 6.29 Å². The fraction of sp³-hybridized carbons (Fsp3) is 0.458. The maximum atomic E-state index is 13.8. The topological polar surface area (TPSA) is 60.2 Å². The predicted octanol–water partition coefficient (Wildman–Crippen LogP) is 4.39. The Labute approximate surface area is 195 Å². The molecule has 0 saturated carbocycles. The Balaban J connectivity index is 1.65. The molecule has 9 heteroatoms. The molecule has 0 spiro atoms. The lowest BCUT2D eigenvalue weighted by Crippen LogP contribution is -2.26. The van der Waals surface area contributed by atoms with E-state index in [0.29, 0.717) is 47.0 Å². The summed E-state index contributed by atoms with van der Waals surface area (Å²) in [7, 11) is 0.344. The quantitative estimate of drug-likeness (QED) is 0.261. The van der Waals surface area contributed by atoms with Crippen LogP contribution < -0.4 is 4.90 Å². The number of aldehydes is 1. The highest BCUT2D eigenvalue weighted by atomic mass is 32.2. The van der Waals surface area contributed by atoms with Gasteiger partial charge >= 0.3 is 0 Å². The Morgan fingerprint density at radius 3 is 2.76 bits per heavy atom. The van der Waals surface area contributed by atoms with Gasteiger partial charge in [-0.25, -0.2) is 18.4 Å². The van der Waals surface area contributed by atoms with Gasteiger partial charge in [-0.2, -0.15) is 5.10 Å². The fourth-order valence-corrected chi connectivity index (χ4v) is 4.58. The summed E-state index contributed by atoms with van der Waals surface area (Å²) >= 11 is 0. The monoisotopic (exact) mass is 475 g/mol. The molecular formula is C24H29F2N4O2S+. The number of benzene rings is 1. The van der Waals surface area contributed by atoms with Crippen LogP contribution >= 0.6 is 0 Å². The SMILES string of the molecule is C[C@H](CCOCn1nc(-c2ccnc(N3CCC(F)(F)C3)c2C=O)c2ccccc21)[S+](C)C. The summed E-state index contributed by atoms with van der Waals surface area (Å²) in [6.07, 6.45) is 7.43. The van der Waals surface area contributed by atoms with Crippen molar-refractivity contribution in [2.24, 2.45) is 0 Å². The van der Waals surface area contributed by atoms with E-state index in [2.05, 4.69) is 24.4 Å². The van der Waals surface area contributed by atoms with E-state index < -0.39 is 12.5 Å². The van der Waals surface area contributed by atoms with Crippen molar-refractivity contribution in [2.75, 3.05) is 37.1 Å². The van der Waals surface area contributed by atoms with Crippen LogP contribution in [-0.2, 0) is 22.4 Å². The lowest BCUT2D eigenvalue weighted by Gasteiger charge is -2.19. The molecule has 4 rings (SSSR count). The summed E-state index contributed by atoms with van der Waals surface area (Å²) in [6, 6.07) is 9.45. The van der Waals surface area contributed by atoms with Crippen LogP contribution in [0.4, 0.5) is 14.6 Å². The summed E-state index contributed by atoms with van der Waals surface area (Å²) in [6.45, 7) is 2.87. The molecule has 1 aliphatic heterocycles. The fourth-order valence-electron chi connectivity index (χ4n) is 4.01. The summed E-state index contributed by atoms with van der Waals surface area (Å²) in [5.74, 6) is -2.50. The molecule has 0 unspecified atom stereocenters. The Bertz CT molecular complexity index is 1130. The van der Waals surface area contributed by atoms with Gasteiger partial charge in [-0.1, -0.05) is 18.2 Å².